The van der Waals surface area contributed by atoms with Crippen molar-refractivity contribution in [1.29, 1.82) is 0 Å². The average Bonchev–Trinajstić information content (AvgIpc) is 2.97. The molecule has 4 heteroatoms. The van der Waals surface area contributed by atoms with E-state index in [4.69, 9.17) is 4.74 Å². The zero-order chi connectivity index (χ0) is 15.5. The van der Waals surface area contributed by atoms with Crippen molar-refractivity contribution in [3.8, 4) is 5.75 Å². The second kappa shape index (κ2) is 6.48. The van der Waals surface area contributed by atoms with Gasteiger partial charge in [0.15, 0.2) is 0 Å². The van der Waals surface area contributed by atoms with Crippen molar-refractivity contribution in [3.63, 3.8) is 0 Å². The van der Waals surface area contributed by atoms with Gasteiger partial charge in [-0.05, 0) is 36.6 Å². The fraction of sp³-hybridized carbons (Fsp3) is 0.588. The predicted molar refractivity (Wildman–Crippen MR) is 84.2 cm³/mol. The van der Waals surface area contributed by atoms with Crippen molar-refractivity contribution >= 4 is 5.91 Å². The minimum absolute atomic E-state index is 0.241. The highest BCUT2D eigenvalue weighted by atomic mass is 16.5. The number of ether oxygens (including phenoxy) is 1. The van der Waals surface area contributed by atoms with Crippen LogP contribution >= 0.6 is 0 Å². The van der Waals surface area contributed by atoms with Gasteiger partial charge >= 0.3 is 0 Å². The molecule has 0 radical (unpaired) electrons. The van der Waals surface area contributed by atoms with E-state index in [9.17, 15) is 4.79 Å². The Morgan fingerprint density at radius 2 is 2.24 bits per heavy atom. The number of methoxy groups -OCH3 is 1. The van der Waals surface area contributed by atoms with E-state index in [1.807, 2.05) is 36.2 Å². The van der Waals surface area contributed by atoms with E-state index in [-0.39, 0.29) is 11.3 Å². The molecule has 1 heterocycles. The number of amides is 1. The number of hydrogen-bond acceptors (Lipinski definition) is 3. The van der Waals surface area contributed by atoms with Crippen LogP contribution in [0.2, 0.25) is 0 Å². The first kappa shape index (κ1) is 15.8. The molecule has 2 rings (SSSR count). The van der Waals surface area contributed by atoms with Gasteiger partial charge in [0.25, 0.3) is 0 Å². The minimum atomic E-state index is -0.256. The van der Waals surface area contributed by atoms with E-state index in [0.29, 0.717) is 12.5 Å². The molecule has 4 nitrogen and oxygen atoms in total. The molecule has 1 amide bonds. The topological polar surface area (TPSA) is 41.6 Å². The highest BCUT2D eigenvalue weighted by Gasteiger charge is 2.45. The van der Waals surface area contributed by atoms with E-state index < -0.39 is 0 Å². The Morgan fingerprint density at radius 3 is 2.81 bits per heavy atom. The summed E-state index contributed by atoms with van der Waals surface area (Å²) in [5, 5.41) is 3.34. The average molecular weight is 290 g/mol. The number of carbonyl (C=O) groups is 1. The third-order valence-corrected chi connectivity index (χ3v) is 4.62. The van der Waals surface area contributed by atoms with Crippen LogP contribution in [0.1, 0.15) is 25.8 Å². The number of nitrogens with zero attached hydrogens (tertiary/aromatic N) is 1. The van der Waals surface area contributed by atoms with Crippen LogP contribution in [0.25, 0.3) is 0 Å². The molecule has 1 aliphatic rings. The second-order valence-electron chi connectivity index (χ2n) is 6.25. The van der Waals surface area contributed by atoms with Crippen LogP contribution in [0.4, 0.5) is 0 Å². The van der Waals surface area contributed by atoms with Gasteiger partial charge in [0.05, 0.1) is 12.5 Å². The van der Waals surface area contributed by atoms with Gasteiger partial charge in [0.1, 0.15) is 5.75 Å². The summed E-state index contributed by atoms with van der Waals surface area (Å²) in [6.45, 7) is 6.61. The van der Waals surface area contributed by atoms with Crippen molar-refractivity contribution < 1.29 is 9.53 Å². The number of rotatable bonds is 5. The molecule has 0 aromatic heterocycles. The summed E-state index contributed by atoms with van der Waals surface area (Å²) < 4.78 is 5.24. The molecule has 0 saturated carbocycles. The van der Waals surface area contributed by atoms with Crippen LogP contribution in [0.3, 0.4) is 0 Å². The summed E-state index contributed by atoms with van der Waals surface area (Å²) >= 11 is 0. The zero-order valence-electron chi connectivity index (χ0n) is 13.5. The van der Waals surface area contributed by atoms with E-state index >= 15 is 0 Å². The van der Waals surface area contributed by atoms with Crippen LogP contribution in [0, 0.1) is 11.3 Å². The SMILES string of the molecule is COc1cccc(CN(C)C(=O)C2(C(C)C)CCNC2)c1. The van der Waals surface area contributed by atoms with Gasteiger partial charge in [-0.15, -0.1) is 0 Å². The fourth-order valence-electron chi connectivity index (χ4n) is 3.13. The van der Waals surface area contributed by atoms with Crippen LogP contribution in [-0.2, 0) is 11.3 Å². The van der Waals surface area contributed by atoms with Crippen LogP contribution in [0.5, 0.6) is 5.75 Å². The molecule has 0 bridgehead atoms. The first-order chi connectivity index (χ1) is 9.99. The summed E-state index contributed by atoms with van der Waals surface area (Å²) in [6.07, 6.45) is 0.923. The Labute approximate surface area is 127 Å². The maximum atomic E-state index is 12.9. The van der Waals surface area contributed by atoms with Gasteiger partial charge in [0, 0.05) is 20.1 Å². The first-order valence-corrected chi connectivity index (χ1v) is 7.59. The third-order valence-electron chi connectivity index (χ3n) is 4.62. The quantitative estimate of drug-likeness (QED) is 0.904. The smallest absolute Gasteiger partial charge is 0.230 e. The van der Waals surface area contributed by atoms with Crippen molar-refractivity contribution in [3.05, 3.63) is 29.8 Å². The summed E-state index contributed by atoms with van der Waals surface area (Å²) in [7, 11) is 3.55. The largest absolute Gasteiger partial charge is 0.497 e. The summed E-state index contributed by atoms with van der Waals surface area (Å²) in [5.41, 5.74) is 0.836. The van der Waals surface area contributed by atoms with E-state index in [1.165, 1.54) is 0 Å². The van der Waals surface area contributed by atoms with Gasteiger partial charge in [-0.2, -0.15) is 0 Å². The fourth-order valence-corrected chi connectivity index (χ4v) is 3.13. The van der Waals surface area contributed by atoms with Crippen LogP contribution < -0.4 is 10.1 Å². The van der Waals surface area contributed by atoms with E-state index in [1.54, 1.807) is 7.11 Å². The van der Waals surface area contributed by atoms with E-state index in [2.05, 4.69) is 19.2 Å². The molecule has 116 valence electrons. The lowest BCUT2D eigenvalue weighted by atomic mass is 9.75. The number of nitrogens with one attached hydrogen (secondary N) is 1. The molecule has 1 N–H and O–H groups in total. The third kappa shape index (κ3) is 3.21. The van der Waals surface area contributed by atoms with Gasteiger partial charge in [-0.3, -0.25) is 4.79 Å². The van der Waals surface area contributed by atoms with Gasteiger partial charge < -0.3 is 15.0 Å². The zero-order valence-corrected chi connectivity index (χ0v) is 13.5. The van der Waals surface area contributed by atoms with Gasteiger partial charge in [0.2, 0.25) is 5.91 Å². The Bertz CT molecular complexity index is 493. The molecule has 1 fully saturated rings. The number of hydrogen-bond donors (Lipinski definition) is 1. The lowest BCUT2D eigenvalue weighted by Gasteiger charge is -2.35. The highest BCUT2D eigenvalue weighted by molar-refractivity contribution is 5.83. The summed E-state index contributed by atoms with van der Waals surface area (Å²) in [5.74, 6) is 1.41. The molecular weight excluding hydrogens is 264 g/mol. The monoisotopic (exact) mass is 290 g/mol. The molecule has 0 spiro atoms. The van der Waals surface area contributed by atoms with Crippen molar-refractivity contribution in [1.82, 2.24) is 10.2 Å². The highest BCUT2D eigenvalue weighted by Crippen LogP contribution is 2.36. The molecule has 1 saturated heterocycles. The van der Waals surface area contributed by atoms with E-state index in [0.717, 1.165) is 30.8 Å². The first-order valence-electron chi connectivity index (χ1n) is 7.59. The van der Waals surface area contributed by atoms with Crippen molar-refractivity contribution in [2.75, 3.05) is 27.2 Å². The van der Waals surface area contributed by atoms with Crippen molar-refractivity contribution in [2.45, 2.75) is 26.8 Å². The molecule has 1 atom stereocenters. The van der Waals surface area contributed by atoms with Crippen molar-refractivity contribution in [2.24, 2.45) is 11.3 Å². The molecular formula is C17H26N2O2. The normalized spacial score (nSPS) is 21.6. The van der Waals surface area contributed by atoms with Gasteiger partial charge in [-0.1, -0.05) is 26.0 Å². The summed E-state index contributed by atoms with van der Waals surface area (Å²) in [6, 6.07) is 7.89. The Morgan fingerprint density at radius 1 is 1.48 bits per heavy atom. The maximum absolute atomic E-state index is 12.9. The Kier molecular flexibility index (Phi) is 4.88. The molecule has 0 aliphatic carbocycles. The minimum Gasteiger partial charge on any atom is -0.497 e. The van der Waals surface area contributed by atoms with Crippen LogP contribution in [0.15, 0.2) is 24.3 Å². The lowest BCUT2D eigenvalue weighted by Crippen LogP contribution is -2.46. The summed E-state index contributed by atoms with van der Waals surface area (Å²) in [4.78, 5) is 14.8. The lowest BCUT2D eigenvalue weighted by molar-refractivity contribution is -0.142. The Hall–Kier alpha value is -1.55. The number of carbonyl (C=O) groups excluding carboxylic acids is 1. The number of benzene rings is 1. The predicted octanol–water partition coefficient (Wildman–Crippen LogP) is 2.29. The molecule has 1 unspecified atom stereocenters. The molecule has 1 aromatic rings. The Balaban J connectivity index is 2.11. The molecule has 1 aromatic carbocycles. The van der Waals surface area contributed by atoms with Gasteiger partial charge in [-0.25, -0.2) is 0 Å². The standard InChI is InChI=1S/C17H26N2O2/c1-13(2)17(8-9-18-12-17)16(20)19(3)11-14-6-5-7-15(10-14)21-4/h5-7,10,13,18H,8-9,11-12H2,1-4H3. The maximum Gasteiger partial charge on any atom is 0.230 e. The second-order valence-corrected chi connectivity index (χ2v) is 6.25. The molecule has 21 heavy (non-hydrogen) atoms. The molecule has 1 aliphatic heterocycles. The van der Waals surface area contributed by atoms with Crippen LogP contribution in [-0.4, -0.2) is 38.1 Å².